The van der Waals surface area contributed by atoms with E-state index in [-0.39, 0.29) is 5.91 Å². The van der Waals surface area contributed by atoms with Gasteiger partial charge in [-0.15, -0.1) is 0 Å². The minimum absolute atomic E-state index is 0.0984. The molecule has 66 valence electrons. The third-order valence-electron chi connectivity index (χ3n) is 0.969. The highest BCUT2D eigenvalue weighted by molar-refractivity contribution is 5.87. The molecule has 1 amide bonds. The molecule has 0 radical (unpaired) electrons. The normalized spacial score (nSPS) is 7.92. The van der Waals surface area contributed by atoms with Gasteiger partial charge in [-0.1, -0.05) is 6.07 Å². The summed E-state index contributed by atoms with van der Waals surface area (Å²) >= 11 is 0. The highest BCUT2D eigenvalue weighted by Gasteiger charge is 1.91. The van der Waals surface area contributed by atoms with Gasteiger partial charge in [-0.2, -0.15) is 0 Å². The molecule has 0 aliphatic heterocycles. The number of hydrogen-bond donors (Lipinski definition) is 2. The second kappa shape index (κ2) is 6.30. The third-order valence-corrected chi connectivity index (χ3v) is 0.969. The van der Waals surface area contributed by atoms with Gasteiger partial charge in [-0.3, -0.25) is 4.79 Å². The van der Waals surface area contributed by atoms with E-state index < -0.39 is 0 Å². The molecule has 0 aliphatic carbocycles. The number of anilines is 1. The molecule has 0 saturated heterocycles. The van der Waals surface area contributed by atoms with Crippen LogP contribution >= 0.6 is 0 Å². The van der Waals surface area contributed by atoms with E-state index in [0.717, 1.165) is 0 Å². The number of rotatable bonds is 1. The molecule has 1 aromatic heterocycles. The second-order valence-corrected chi connectivity index (χ2v) is 1.90. The summed E-state index contributed by atoms with van der Waals surface area (Å²) in [5, 5.41) is 2.55. The summed E-state index contributed by atoms with van der Waals surface area (Å²) in [5.41, 5.74) is 4.50. The molecule has 1 heterocycles. The van der Waals surface area contributed by atoms with Gasteiger partial charge in [0.05, 0.1) is 0 Å². The Morgan fingerprint density at radius 1 is 1.50 bits per heavy atom. The number of carbonyl (C=O) groups excluding carboxylic acids is 1. The quantitative estimate of drug-likeness (QED) is 0.644. The molecule has 0 atom stereocenters. The van der Waals surface area contributed by atoms with Crippen LogP contribution in [0.3, 0.4) is 0 Å². The maximum atomic E-state index is 10.5. The van der Waals surface area contributed by atoms with Gasteiger partial charge in [0, 0.05) is 13.1 Å². The van der Waals surface area contributed by atoms with Crippen molar-refractivity contribution in [3.05, 3.63) is 24.4 Å². The van der Waals surface area contributed by atoms with Crippen LogP contribution in [-0.4, -0.2) is 17.9 Å². The lowest BCUT2D eigenvalue weighted by Gasteiger charge is -1.96. The summed E-state index contributed by atoms with van der Waals surface area (Å²) in [5.74, 6) is 0.494. The molecule has 0 aliphatic rings. The molecule has 4 nitrogen and oxygen atoms in total. The average molecular weight is 167 g/mol. The average Bonchev–Trinajstić information content (AvgIpc) is 2.08. The predicted octanol–water partition coefficient (Wildman–Crippen LogP) is 0.615. The monoisotopic (exact) mass is 167 g/mol. The Morgan fingerprint density at radius 3 is 2.58 bits per heavy atom. The van der Waals surface area contributed by atoms with Crippen molar-refractivity contribution in [3.8, 4) is 0 Å². The number of nitrogens with two attached hydrogens (primary N) is 1. The van der Waals surface area contributed by atoms with Crippen LogP contribution in [-0.2, 0) is 4.79 Å². The van der Waals surface area contributed by atoms with Gasteiger partial charge in [0.1, 0.15) is 5.82 Å². The van der Waals surface area contributed by atoms with Crippen LogP contribution in [0, 0.1) is 0 Å². The first-order valence-corrected chi connectivity index (χ1v) is 3.55. The SMILES string of the molecule is CC(=O)Nc1ccccn1.CN. The molecule has 1 aromatic rings. The lowest BCUT2D eigenvalue weighted by Crippen LogP contribution is -2.06. The number of aromatic nitrogens is 1. The minimum Gasteiger partial charge on any atom is -0.333 e. The molecule has 0 bridgehead atoms. The molecular weight excluding hydrogens is 154 g/mol. The van der Waals surface area contributed by atoms with Crippen molar-refractivity contribution < 1.29 is 4.79 Å². The standard InChI is InChI=1S/C7H8N2O.CH5N/c1-6(10)9-7-4-2-3-5-8-7;1-2/h2-5H,1H3,(H,8,9,10);2H2,1H3. The summed E-state index contributed by atoms with van der Waals surface area (Å²) in [4.78, 5) is 14.3. The molecule has 0 unspecified atom stereocenters. The van der Waals surface area contributed by atoms with Crippen LogP contribution in [0.25, 0.3) is 0 Å². The molecule has 0 spiro atoms. The first-order valence-electron chi connectivity index (χ1n) is 3.55. The van der Waals surface area contributed by atoms with E-state index in [1.807, 2.05) is 6.07 Å². The van der Waals surface area contributed by atoms with Crippen LogP contribution in [0.2, 0.25) is 0 Å². The maximum Gasteiger partial charge on any atom is 0.222 e. The van der Waals surface area contributed by atoms with Crippen molar-refractivity contribution in [2.75, 3.05) is 12.4 Å². The van der Waals surface area contributed by atoms with E-state index in [1.165, 1.54) is 14.0 Å². The number of amides is 1. The van der Waals surface area contributed by atoms with Gasteiger partial charge in [-0.05, 0) is 19.2 Å². The van der Waals surface area contributed by atoms with Crippen molar-refractivity contribution in [2.45, 2.75) is 6.92 Å². The Morgan fingerprint density at radius 2 is 2.17 bits per heavy atom. The molecule has 12 heavy (non-hydrogen) atoms. The number of pyridine rings is 1. The fraction of sp³-hybridized carbons (Fsp3) is 0.250. The molecular formula is C8H13N3O. The van der Waals surface area contributed by atoms with E-state index in [1.54, 1.807) is 18.3 Å². The summed E-state index contributed by atoms with van der Waals surface area (Å²) < 4.78 is 0. The largest absolute Gasteiger partial charge is 0.333 e. The molecule has 1 rings (SSSR count). The van der Waals surface area contributed by atoms with E-state index in [4.69, 9.17) is 0 Å². The van der Waals surface area contributed by atoms with E-state index in [0.29, 0.717) is 5.82 Å². The zero-order chi connectivity index (χ0) is 9.40. The lowest BCUT2D eigenvalue weighted by molar-refractivity contribution is -0.114. The molecule has 0 saturated carbocycles. The van der Waals surface area contributed by atoms with Gasteiger partial charge in [-0.25, -0.2) is 4.98 Å². The Bertz CT molecular complexity index is 223. The second-order valence-electron chi connectivity index (χ2n) is 1.90. The van der Waals surface area contributed by atoms with Crippen molar-refractivity contribution in [3.63, 3.8) is 0 Å². The zero-order valence-corrected chi connectivity index (χ0v) is 7.24. The fourth-order valence-corrected chi connectivity index (χ4v) is 0.617. The zero-order valence-electron chi connectivity index (χ0n) is 7.24. The smallest absolute Gasteiger partial charge is 0.222 e. The van der Waals surface area contributed by atoms with E-state index >= 15 is 0 Å². The Kier molecular flexibility index (Phi) is 5.55. The maximum absolute atomic E-state index is 10.5. The summed E-state index contributed by atoms with van der Waals surface area (Å²) in [7, 11) is 1.50. The van der Waals surface area contributed by atoms with E-state index in [2.05, 4.69) is 16.0 Å². The fourth-order valence-electron chi connectivity index (χ4n) is 0.617. The highest BCUT2D eigenvalue weighted by Crippen LogP contribution is 1.97. The van der Waals surface area contributed by atoms with Gasteiger partial charge in [0.25, 0.3) is 0 Å². The van der Waals surface area contributed by atoms with Crippen LogP contribution in [0.1, 0.15) is 6.92 Å². The van der Waals surface area contributed by atoms with Crippen molar-refractivity contribution in [2.24, 2.45) is 5.73 Å². The summed E-state index contributed by atoms with van der Waals surface area (Å²) in [6.45, 7) is 1.45. The lowest BCUT2D eigenvalue weighted by atomic mass is 10.4. The third kappa shape index (κ3) is 4.40. The summed E-state index contributed by atoms with van der Waals surface area (Å²) in [6, 6.07) is 5.35. The Hall–Kier alpha value is -1.42. The highest BCUT2D eigenvalue weighted by atomic mass is 16.1. The topological polar surface area (TPSA) is 68.0 Å². The Balaban J connectivity index is 0.000000561. The number of hydrogen-bond acceptors (Lipinski definition) is 3. The molecule has 0 aromatic carbocycles. The van der Waals surface area contributed by atoms with Crippen LogP contribution in [0.4, 0.5) is 5.82 Å². The first-order chi connectivity index (χ1) is 5.79. The van der Waals surface area contributed by atoms with Gasteiger partial charge in [0.15, 0.2) is 0 Å². The predicted molar refractivity (Wildman–Crippen MR) is 48.7 cm³/mol. The summed E-state index contributed by atoms with van der Waals surface area (Å²) in [6.07, 6.45) is 1.63. The van der Waals surface area contributed by atoms with Crippen LogP contribution in [0.5, 0.6) is 0 Å². The van der Waals surface area contributed by atoms with Crippen molar-refractivity contribution in [1.29, 1.82) is 0 Å². The van der Waals surface area contributed by atoms with E-state index in [9.17, 15) is 4.79 Å². The van der Waals surface area contributed by atoms with Gasteiger partial charge < -0.3 is 11.1 Å². The van der Waals surface area contributed by atoms with Crippen LogP contribution < -0.4 is 11.1 Å². The van der Waals surface area contributed by atoms with Crippen LogP contribution in [0.15, 0.2) is 24.4 Å². The van der Waals surface area contributed by atoms with Crippen molar-refractivity contribution >= 4 is 11.7 Å². The number of nitrogens with zero attached hydrogens (tertiary/aromatic N) is 1. The van der Waals surface area contributed by atoms with Crippen molar-refractivity contribution in [1.82, 2.24) is 4.98 Å². The Labute approximate surface area is 71.8 Å². The van der Waals surface area contributed by atoms with Gasteiger partial charge in [0.2, 0.25) is 5.91 Å². The minimum atomic E-state index is -0.0984. The first kappa shape index (κ1) is 10.6. The number of nitrogens with one attached hydrogen (secondary N) is 1. The molecule has 0 fully saturated rings. The molecule has 3 N–H and O–H groups in total. The number of carbonyl (C=O) groups is 1. The van der Waals surface area contributed by atoms with Gasteiger partial charge >= 0.3 is 0 Å². The molecule has 4 heteroatoms.